The van der Waals surface area contributed by atoms with Gasteiger partial charge in [-0.15, -0.1) is 0 Å². The van der Waals surface area contributed by atoms with Crippen molar-refractivity contribution in [1.82, 2.24) is 4.90 Å². The molecule has 2 rings (SSSR count). The summed E-state index contributed by atoms with van der Waals surface area (Å²) in [5.74, 6) is 0.920. The summed E-state index contributed by atoms with van der Waals surface area (Å²) in [6.07, 6.45) is 2.23. The van der Waals surface area contributed by atoms with E-state index in [1.807, 2.05) is 23.1 Å². The third-order valence-electron chi connectivity index (χ3n) is 3.50. The fourth-order valence-electron chi connectivity index (χ4n) is 2.41. The van der Waals surface area contributed by atoms with E-state index in [1.54, 1.807) is 0 Å². The van der Waals surface area contributed by atoms with Crippen LogP contribution in [0, 0.1) is 0 Å². The van der Waals surface area contributed by atoms with E-state index in [9.17, 15) is 4.79 Å². The topological polar surface area (TPSA) is 29.5 Å². The summed E-state index contributed by atoms with van der Waals surface area (Å²) in [5.41, 5.74) is 1.16. The predicted octanol–water partition coefficient (Wildman–Crippen LogP) is 2.99. The Labute approximate surface area is 115 Å². The minimum Gasteiger partial charge on any atom is -0.483 e. The predicted molar refractivity (Wildman–Crippen MR) is 76.5 cm³/mol. The van der Waals surface area contributed by atoms with E-state index in [4.69, 9.17) is 4.74 Å². The Kier molecular flexibility index (Phi) is 4.13. The van der Waals surface area contributed by atoms with E-state index in [0.717, 1.165) is 37.2 Å². The van der Waals surface area contributed by atoms with Gasteiger partial charge in [0.05, 0.1) is 0 Å². The van der Waals surface area contributed by atoms with E-state index in [1.165, 1.54) is 0 Å². The van der Waals surface area contributed by atoms with Crippen LogP contribution in [0.1, 0.15) is 39.2 Å². The molecule has 0 aliphatic carbocycles. The highest BCUT2D eigenvalue weighted by molar-refractivity contribution is 5.78. The van der Waals surface area contributed by atoms with E-state index in [2.05, 4.69) is 26.8 Å². The van der Waals surface area contributed by atoms with Gasteiger partial charge in [-0.2, -0.15) is 0 Å². The Bertz CT molecular complexity index is 442. The summed E-state index contributed by atoms with van der Waals surface area (Å²) in [6.45, 7) is 8.35. The molecule has 0 saturated carbocycles. The van der Waals surface area contributed by atoms with Gasteiger partial charge < -0.3 is 9.64 Å². The van der Waals surface area contributed by atoms with Gasteiger partial charge in [0.1, 0.15) is 5.75 Å². The molecule has 1 amide bonds. The van der Waals surface area contributed by atoms with E-state index in [0.29, 0.717) is 0 Å². The van der Waals surface area contributed by atoms with E-state index < -0.39 is 0 Å². The third kappa shape index (κ3) is 3.49. The fraction of sp³-hybridized carbons (Fsp3) is 0.562. The number of benzene rings is 1. The third-order valence-corrected chi connectivity index (χ3v) is 3.50. The van der Waals surface area contributed by atoms with Crippen LogP contribution in [0.3, 0.4) is 0 Å². The lowest BCUT2D eigenvalue weighted by Gasteiger charge is -2.23. The highest BCUT2D eigenvalue weighted by atomic mass is 16.5. The molecule has 1 aliphatic heterocycles. The van der Waals surface area contributed by atoms with Crippen molar-refractivity contribution in [3.05, 3.63) is 29.8 Å². The molecule has 0 aromatic heterocycles. The first-order valence-corrected chi connectivity index (χ1v) is 6.98. The van der Waals surface area contributed by atoms with Crippen LogP contribution in [-0.2, 0) is 10.2 Å². The number of hydrogen-bond donors (Lipinski definition) is 0. The first kappa shape index (κ1) is 13.9. The lowest BCUT2D eigenvalue weighted by atomic mass is 9.86. The lowest BCUT2D eigenvalue weighted by Crippen LogP contribution is -2.32. The van der Waals surface area contributed by atoms with E-state index in [-0.39, 0.29) is 17.9 Å². The molecule has 1 fully saturated rings. The molecule has 1 aromatic carbocycles. The second kappa shape index (κ2) is 5.64. The minimum atomic E-state index is 0.0211. The summed E-state index contributed by atoms with van der Waals surface area (Å²) in [6, 6.07) is 7.97. The van der Waals surface area contributed by atoms with Crippen molar-refractivity contribution in [3.63, 3.8) is 0 Å². The molecule has 0 N–H and O–H groups in total. The van der Waals surface area contributed by atoms with Crippen molar-refractivity contribution < 1.29 is 9.53 Å². The maximum absolute atomic E-state index is 12.0. The number of carbonyl (C=O) groups is 1. The number of para-hydroxylation sites is 1. The molecule has 0 unspecified atom stereocenters. The molecule has 0 radical (unpaired) electrons. The summed E-state index contributed by atoms with van der Waals surface area (Å²) in [4.78, 5) is 13.9. The van der Waals surface area contributed by atoms with Crippen LogP contribution < -0.4 is 4.74 Å². The molecule has 1 saturated heterocycles. The molecular formula is C16H23NO2. The van der Waals surface area contributed by atoms with E-state index >= 15 is 0 Å². The van der Waals surface area contributed by atoms with Crippen molar-refractivity contribution in [2.45, 2.75) is 39.0 Å². The first-order valence-electron chi connectivity index (χ1n) is 6.98. The molecule has 0 bridgehead atoms. The zero-order chi connectivity index (χ0) is 13.9. The monoisotopic (exact) mass is 261 g/mol. The Morgan fingerprint density at radius 1 is 1.21 bits per heavy atom. The van der Waals surface area contributed by atoms with Crippen molar-refractivity contribution in [1.29, 1.82) is 0 Å². The molecule has 19 heavy (non-hydrogen) atoms. The average molecular weight is 261 g/mol. The van der Waals surface area contributed by atoms with Gasteiger partial charge in [-0.05, 0) is 29.9 Å². The summed E-state index contributed by atoms with van der Waals surface area (Å²) < 4.78 is 5.75. The Balaban J connectivity index is 2.01. The maximum atomic E-state index is 12.0. The van der Waals surface area contributed by atoms with Gasteiger partial charge in [0.25, 0.3) is 5.91 Å². The van der Waals surface area contributed by atoms with Crippen LogP contribution in [0.4, 0.5) is 0 Å². The number of likely N-dealkylation sites (tertiary alicyclic amines) is 1. The zero-order valence-corrected chi connectivity index (χ0v) is 12.1. The molecule has 104 valence electrons. The molecule has 1 aliphatic rings. The Hall–Kier alpha value is -1.51. The van der Waals surface area contributed by atoms with Crippen LogP contribution in [0.5, 0.6) is 5.75 Å². The van der Waals surface area contributed by atoms with Crippen molar-refractivity contribution in [2.24, 2.45) is 0 Å². The number of carbonyl (C=O) groups excluding carboxylic acids is 1. The van der Waals surface area contributed by atoms with Crippen LogP contribution in [0.15, 0.2) is 24.3 Å². The first-order chi connectivity index (χ1) is 8.98. The number of nitrogens with zero attached hydrogens (tertiary/aromatic N) is 1. The highest BCUT2D eigenvalue weighted by Crippen LogP contribution is 2.30. The normalized spacial score (nSPS) is 15.6. The number of hydrogen-bond acceptors (Lipinski definition) is 2. The molecular weight excluding hydrogens is 238 g/mol. The number of rotatable bonds is 3. The largest absolute Gasteiger partial charge is 0.483 e. The fourth-order valence-corrected chi connectivity index (χ4v) is 2.41. The van der Waals surface area contributed by atoms with Crippen LogP contribution in [0.2, 0.25) is 0 Å². The van der Waals surface area contributed by atoms with Crippen LogP contribution in [-0.4, -0.2) is 30.5 Å². The number of amides is 1. The Morgan fingerprint density at radius 2 is 1.84 bits per heavy atom. The summed E-state index contributed by atoms with van der Waals surface area (Å²) in [7, 11) is 0. The summed E-state index contributed by atoms with van der Waals surface area (Å²) in [5, 5.41) is 0. The maximum Gasteiger partial charge on any atom is 0.260 e. The lowest BCUT2D eigenvalue weighted by molar-refractivity contribution is -0.132. The zero-order valence-electron chi connectivity index (χ0n) is 12.1. The smallest absolute Gasteiger partial charge is 0.260 e. The number of ether oxygens (including phenoxy) is 1. The van der Waals surface area contributed by atoms with Crippen molar-refractivity contribution in [2.75, 3.05) is 19.7 Å². The highest BCUT2D eigenvalue weighted by Gasteiger charge is 2.21. The molecule has 0 spiro atoms. The molecule has 0 atom stereocenters. The van der Waals surface area contributed by atoms with Gasteiger partial charge in [0.15, 0.2) is 6.61 Å². The quantitative estimate of drug-likeness (QED) is 0.837. The van der Waals surface area contributed by atoms with Gasteiger partial charge in [-0.25, -0.2) is 0 Å². The standard InChI is InChI=1S/C16H23NO2/c1-16(2,3)13-8-4-5-9-14(13)19-12-15(18)17-10-6-7-11-17/h4-5,8-9H,6-7,10-12H2,1-3H3. The molecule has 3 nitrogen and oxygen atoms in total. The van der Waals surface area contributed by atoms with Crippen molar-refractivity contribution >= 4 is 5.91 Å². The molecule has 1 aromatic rings. The second-order valence-corrected chi connectivity index (χ2v) is 6.12. The van der Waals surface area contributed by atoms with Crippen molar-refractivity contribution in [3.8, 4) is 5.75 Å². The summed E-state index contributed by atoms with van der Waals surface area (Å²) >= 11 is 0. The van der Waals surface area contributed by atoms with Gasteiger partial charge in [0, 0.05) is 13.1 Å². The van der Waals surface area contributed by atoms with Gasteiger partial charge >= 0.3 is 0 Å². The van der Waals surface area contributed by atoms with Gasteiger partial charge in [-0.1, -0.05) is 39.0 Å². The molecule has 1 heterocycles. The van der Waals surface area contributed by atoms with Crippen LogP contribution in [0.25, 0.3) is 0 Å². The average Bonchev–Trinajstić information content (AvgIpc) is 2.89. The van der Waals surface area contributed by atoms with Gasteiger partial charge in [-0.3, -0.25) is 4.79 Å². The van der Waals surface area contributed by atoms with Crippen LogP contribution >= 0.6 is 0 Å². The SMILES string of the molecule is CC(C)(C)c1ccccc1OCC(=O)N1CCCC1. The molecule has 3 heteroatoms. The Morgan fingerprint density at radius 3 is 2.47 bits per heavy atom. The second-order valence-electron chi connectivity index (χ2n) is 6.12. The minimum absolute atomic E-state index is 0.0211. The van der Waals surface area contributed by atoms with Gasteiger partial charge in [0.2, 0.25) is 0 Å².